The van der Waals surface area contributed by atoms with E-state index in [9.17, 15) is 22.4 Å². The van der Waals surface area contributed by atoms with Crippen molar-refractivity contribution in [2.45, 2.75) is 19.0 Å². The highest BCUT2D eigenvalue weighted by atomic mass is 19.4. The number of nitrogens with zero attached hydrogens (tertiary/aromatic N) is 1. The number of hydrogen-bond donors (Lipinski definition) is 1. The van der Waals surface area contributed by atoms with Crippen molar-refractivity contribution < 1.29 is 22.4 Å². The Morgan fingerprint density at radius 2 is 2.12 bits per heavy atom. The van der Waals surface area contributed by atoms with Gasteiger partial charge >= 0.3 is 6.18 Å². The summed E-state index contributed by atoms with van der Waals surface area (Å²) in [5.74, 6) is -1.71. The number of carbonyl (C=O) groups excluding carboxylic acids is 1. The molecule has 0 saturated carbocycles. The van der Waals surface area contributed by atoms with Crippen LogP contribution < -0.4 is 5.32 Å². The summed E-state index contributed by atoms with van der Waals surface area (Å²) in [6.07, 6.45) is -4.29. The van der Waals surface area contributed by atoms with Gasteiger partial charge in [-0.25, -0.2) is 4.98 Å². The largest absolute Gasteiger partial charge is 0.389 e. The SMILES string of the molecule is O=C(NCCCC(F)(F)F)c1cccnc1F. The molecule has 0 aliphatic carbocycles. The van der Waals surface area contributed by atoms with Crippen molar-refractivity contribution >= 4 is 5.91 Å². The first kappa shape index (κ1) is 13.4. The van der Waals surface area contributed by atoms with Gasteiger partial charge in [-0.3, -0.25) is 4.79 Å². The topological polar surface area (TPSA) is 42.0 Å². The summed E-state index contributed by atoms with van der Waals surface area (Å²) in [6, 6.07) is 2.58. The molecule has 1 rings (SSSR count). The zero-order valence-electron chi connectivity index (χ0n) is 8.72. The molecule has 1 heterocycles. The molecule has 0 spiro atoms. The summed E-state index contributed by atoms with van der Waals surface area (Å²) in [6.45, 7) is -0.160. The van der Waals surface area contributed by atoms with Crippen LogP contribution in [0.1, 0.15) is 23.2 Å². The Morgan fingerprint density at radius 1 is 1.41 bits per heavy atom. The van der Waals surface area contributed by atoms with Crippen molar-refractivity contribution in [2.75, 3.05) is 6.54 Å². The van der Waals surface area contributed by atoms with Crippen LogP contribution in [0.4, 0.5) is 17.6 Å². The number of aromatic nitrogens is 1. The molecule has 0 fully saturated rings. The second kappa shape index (κ2) is 5.60. The quantitative estimate of drug-likeness (QED) is 0.506. The Kier molecular flexibility index (Phi) is 4.42. The normalized spacial score (nSPS) is 11.3. The molecule has 0 aliphatic rings. The second-order valence-electron chi connectivity index (χ2n) is 3.32. The summed E-state index contributed by atoms with van der Waals surface area (Å²) in [4.78, 5) is 14.6. The molecule has 0 aromatic carbocycles. The van der Waals surface area contributed by atoms with Crippen molar-refractivity contribution in [3.05, 3.63) is 29.8 Å². The third kappa shape index (κ3) is 4.80. The molecule has 1 aromatic rings. The van der Waals surface area contributed by atoms with E-state index in [2.05, 4.69) is 10.3 Å². The number of hydrogen-bond acceptors (Lipinski definition) is 2. The fraction of sp³-hybridized carbons (Fsp3) is 0.400. The number of rotatable bonds is 4. The van der Waals surface area contributed by atoms with Crippen molar-refractivity contribution in [3.63, 3.8) is 0 Å². The average Bonchev–Trinajstić information content (AvgIpc) is 2.23. The van der Waals surface area contributed by atoms with Gasteiger partial charge in [0.05, 0.1) is 5.56 Å². The minimum absolute atomic E-state index is 0.160. The second-order valence-corrected chi connectivity index (χ2v) is 3.32. The van der Waals surface area contributed by atoms with Crippen LogP contribution >= 0.6 is 0 Å². The van der Waals surface area contributed by atoms with E-state index in [1.54, 1.807) is 0 Å². The molecule has 0 radical (unpaired) electrons. The highest BCUT2D eigenvalue weighted by Crippen LogP contribution is 2.20. The standard InChI is InChI=1S/C10H10F4N2O/c11-8-7(3-1-5-15-8)9(17)16-6-2-4-10(12,13)14/h1,3,5H,2,4,6H2,(H,16,17). The fourth-order valence-corrected chi connectivity index (χ4v) is 1.14. The minimum atomic E-state index is -4.25. The number of carbonyl (C=O) groups is 1. The number of nitrogens with one attached hydrogen (secondary N) is 1. The summed E-state index contributed by atoms with van der Waals surface area (Å²) in [5.41, 5.74) is -0.278. The number of pyridine rings is 1. The van der Waals surface area contributed by atoms with E-state index in [1.807, 2.05) is 0 Å². The van der Waals surface area contributed by atoms with Gasteiger partial charge in [0.1, 0.15) is 0 Å². The lowest BCUT2D eigenvalue weighted by atomic mass is 10.2. The van der Waals surface area contributed by atoms with Crippen LogP contribution in [0.25, 0.3) is 0 Å². The van der Waals surface area contributed by atoms with E-state index in [0.717, 1.165) is 0 Å². The van der Waals surface area contributed by atoms with Crippen molar-refractivity contribution in [3.8, 4) is 0 Å². The van der Waals surface area contributed by atoms with Crippen molar-refractivity contribution in [1.82, 2.24) is 10.3 Å². The predicted octanol–water partition coefficient (Wildman–Crippen LogP) is 2.29. The smallest absolute Gasteiger partial charge is 0.352 e. The summed E-state index contributed by atoms with van der Waals surface area (Å²) in [5, 5.41) is 2.19. The van der Waals surface area contributed by atoms with Crippen LogP contribution in [0.3, 0.4) is 0 Å². The molecule has 0 saturated heterocycles. The first-order chi connectivity index (χ1) is 7.90. The van der Waals surface area contributed by atoms with E-state index in [-0.39, 0.29) is 18.5 Å². The van der Waals surface area contributed by atoms with Crippen molar-refractivity contribution in [2.24, 2.45) is 0 Å². The highest BCUT2D eigenvalue weighted by Gasteiger charge is 2.26. The maximum absolute atomic E-state index is 13.0. The summed E-state index contributed by atoms with van der Waals surface area (Å²) >= 11 is 0. The van der Waals surface area contributed by atoms with Gasteiger partial charge in [-0.05, 0) is 18.6 Å². The van der Waals surface area contributed by atoms with Gasteiger partial charge in [0.2, 0.25) is 5.95 Å². The molecular formula is C10H10F4N2O. The predicted molar refractivity (Wildman–Crippen MR) is 51.8 cm³/mol. The molecule has 1 N–H and O–H groups in total. The maximum Gasteiger partial charge on any atom is 0.389 e. The summed E-state index contributed by atoms with van der Waals surface area (Å²) < 4.78 is 48.3. The van der Waals surface area contributed by atoms with Gasteiger partial charge in [0.15, 0.2) is 0 Å². The van der Waals surface area contributed by atoms with Gasteiger partial charge in [0, 0.05) is 19.2 Å². The Balaban J connectivity index is 2.39. The van der Waals surface area contributed by atoms with Crippen LogP contribution in [0.15, 0.2) is 18.3 Å². The number of amides is 1. The Labute approximate surface area is 94.8 Å². The monoisotopic (exact) mass is 250 g/mol. The minimum Gasteiger partial charge on any atom is -0.352 e. The molecule has 1 aromatic heterocycles. The van der Waals surface area contributed by atoms with Crippen LogP contribution in [0.5, 0.6) is 0 Å². The molecule has 3 nitrogen and oxygen atoms in total. The molecule has 17 heavy (non-hydrogen) atoms. The van der Waals surface area contributed by atoms with Gasteiger partial charge < -0.3 is 5.32 Å². The first-order valence-corrected chi connectivity index (χ1v) is 4.85. The first-order valence-electron chi connectivity index (χ1n) is 4.85. The molecule has 0 bridgehead atoms. The van der Waals surface area contributed by atoms with Crippen molar-refractivity contribution in [1.29, 1.82) is 0 Å². The molecular weight excluding hydrogens is 240 g/mol. The van der Waals surface area contributed by atoms with Gasteiger partial charge in [-0.2, -0.15) is 17.6 Å². The molecule has 7 heteroatoms. The fourth-order valence-electron chi connectivity index (χ4n) is 1.14. The maximum atomic E-state index is 13.0. The molecule has 1 amide bonds. The third-order valence-electron chi connectivity index (χ3n) is 1.93. The van der Waals surface area contributed by atoms with Gasteiger partial charge in [-0.15, -0.1) is 0 Å². The number of alkyl halides is 3. The van der Waals surface area contributed by atoms with Crippen LogP contribution in [-0.4, -0.2) is 23.6 Å². The van der Waals surface area contributed by atoms with Crippen LogP contribution in [0.2, 0.25) is 0 Å². The molecule has 0 aliphatic heterocycles. The molecule has 0 atom stereocenters. The zero-order chi connectivity index (χ0) is 12.9. The third-order valence-corrected chi connectivity index (χ3v) is 1.93. The highest BCUT2D eigenvalue weighted by molar-refractivity contribution is 5.94. The lowest BCUT2D eigenvalue weighted by Crippen LogP contribution is -2.26. The lowest BCUT2D eigenvalue weighted by Gasteiger charge is -2.07. The Hall–Kier alpha value is -1.66. The lowest BCUT2D eigenvalue weighted by molar-refractivity contribution is -0.135. The Bertz CT molecular complexity index is 392. The molecule has 94 valence electrons. The number of halogens is 4. The average molecular weight is 250 g/mol. The van der Waals surface area contributed by atoms with Gasteiger partial charge in [0.25, 0.3) is 5.91 Å². The van der Waals surface area contributed by atoms with E-state index < -0.39 is 24.5 Å². The molecule has 0 unspecified atom stereocenters. The van der Waals surface area contributed by atoms with E-state index >= 15 is 0 Å². The van der Waals surface area contributed by atoms with E-state index in [4.69, 9.17) is 0 Å². The zero-order valence-corrected chi connectivity index (χ0v) is 8.72. The summed E-state index contributed by atoms with van der Waals surface area (Å²) in [7, 11) is 0. The van der Waals surface area contributed by atoms with E-state index in [1.165, 1.54) is 18.3 Å². The van der Waals surface area contributed by atoms with Crippen LogP contribution in [0, 0.1) is 5.95 Å². The van der Waals surface area contributed by atoms with Crippen LogP contribution in [-0.2, 0) is 0 Å². The van der Waals surface area contributed by atoms with Gasteiger partial charge in [-0.1, -0.05) is 0 Å². The van der Waals surface area contributed by atoms with E-state index in [0.29, 0.717) is 0 Å². The Morgan fingerprint density at radius 3 is 2.71 bits per heavy atom.